The van der Waals surface area contributed by atoms with Crippen LogP contribution in [0.2, 0.25) is 0 Å². The Hall–Kier alpha value is -1.13. The molecule has 0 aliphatic rings. The van der Waals surface area contributed by atoms with Crippen molar-refractivity contribution in [1.29, 1.82) is 0 Å². The molecule has 0 aliphatic heterocycles. The predicted octanol–water partition coefficient (Wildman–Crippen LogP) is -4.22. The molecule has 0 saturated heterocycles. The topological polar surface area (TPSA) is 256 Å². The van der Waals surface area contributed by atoms with Gasteiger partial charge in [0.05, 0.1) is 5.09 Å². The molecule has 0 heterocycles. The Morgan fingerprint density at radius 3 is 0.611 bits per heavy atom. The second kappa shape index (κ2) is 29.7. The fraction of sp³-hybridized carbons (Fsp3) is 0. The van der Waals surface area contributed by atoms with Gasteiger partial charge in [0.25, 0.3) is 15.3 Å². The molecule has 1 unspecified atom stereocenters. The first kappa shape index (κ1) is 36.0. The molecule has 18 heavy (non-hydrogen) atoms. The number of nitrogens with zero attached hydrogens (tertiary/aromatic N) is 4. The van der Waals surface area contributed by atoms with Crippen LogP contribution in [-0.2, 0) is 0 Å². The molecule has 0 aliphatic carbocycles. The molecule has 0 spiro atoms. The first-order valence-electron chi connectivity index (χ1n) is 2.24. The number of rotatable bonds is 0. The molecule has 3 N–H and O–H groups in total. The first-order chi connectivity index (χ1) is 6.93. The van der Waals surface area contributed by atoms with E-state index in [1.807, 2.05) is 0 Å². The van der Waals surface area contributed by atoms with E-state index in [4.69, 9.17) is 61.3 Å². The monoisotopic (exact) mass is 324 g/mol. The summed E-state index contributed by atoms with van der Waals surface area (Å²) in [5, 5.41) is 55.7. The Kier molecular flexibility index (Phi) is 59.3. The summed E-state index contributed by atoms with van der Waals surface area (Å²) < 4.78 is 0. The van der Waals surface area contributed by atoms with Crippen LogP contribution < -0.4 is 51.4 Å². The molecule has 18 heteroatoms. The third kappa shape index (κ3) is 2220. The van der Waals surface area contributed by atoms with Crippen LogP contribution in [0, 0.1) is 45.7 Å². The first-order valence-corrected chi connectivity index (χ1v) is 2.24. The SMILES string of the molecule is O=[N+]([O-])O.O=[N+]([O-])O.O=[N+]([O-])O.O=[N+]([O-])[O-].P.[K+]. The van der Waals surface area contributed by atoms with Crippen LogP contribution in [-0.4, -0.2) is 36.0 Å². The molecule has 0 rings (SSSR count). The van der Waals surface area contributed by atoms with Crippen LogP contribution in [0.3, 0.4) is 0 Å². The summed E-state index contributed by atoms with van der Waals surface area (Å²) in [7, 11) is 0. The molecule has 0 amide bonds. The Bertz CT molecular complexity index is 164. The largest absolute Gasteiger partial charge is 1.00 e. The second-order valence-electron chi connectivity index (χ2n) is 0.937. The zero-order valence-electron chi connectivity index (χ0n) is 8.51. The van der Waals surface area contributed by atoms with E-state index in [0.29, 0.717) is 0 Å². The summed E-state index contributed by atoms with van der Waals surface area (Å²) in [4.78, 5) is 33.3. The molecule has 0 aromatic rings. The van der Waals surface area contributed by atoms with Crippen molar-refractivity contribution in [3.8, 4) is 0 Å². The van der Waals surface area contributed by atoms with Gasteiger partial charge in [-0.25, -0.2) is 0 Å². The van der Waals surface area contributed by atoms with Crippen molar-refractivity contribution >= 4 is 9.90 Å². The van der Waals surface area contributed by atoms with Gasteiger partial charge in [-0.15, -0.1) is 30.3 Å². The maximum absolute atomic E-state index is 8.36. The Morgan fingerprint density at radius 2 is 0.611 bits per heavy atom. The summed E-state index contributed by atoms with van der Waals surface area (Å²) >= 11 is 0. The van der Waals surface area contributed by atoms with Crippen LogP contribution >= 0.6 is 9.90 Å². The second-order valence-corrected chi connectivity index (χ2v) is 0.937. The molecular formula is H6KN4O12P. The Balaban J connectivity index is -0.0000000257. The molecule has 0 fully saturated rings. The zero-order valence-corrected chi connectivity index (χ0v) is 13.0. The van der Waals surface area contributed by atoms with E-state index in [0.717, 1.165) is 0 Å². The van der Waals surface area contributed by atoms with Gasteiger partial charge in [0.15, 0.2) is 0 Å². The zero-order chi connectivity index (χ0) is 14.3. The fourth-order valence-electron chi connectivity index (χ4n) is 0. The minimum absolute atomic E-state index is 0. The summed E-state index contributed by atoms with van der Waals surface area (Å²) in [5.41, 5.74) is 0. The molecule has 0 saturated carbocycles. The van der Waals surface area contributed by atoms with Crippen molar-refractivity contribution in [1.82, 2.24) is 0 Å². The van der Waals surface area contributed by atoms with Gasteiger partial charge in [0.2, 0.25) is 0 Å². The van der Waals surface area contributed by atoms with Crippen molar-refractivity contribution in [3.05, 3.63) is 45.7 Å². The van der Waals surface area contributed by atoms with Crippen molar-refractivity contribution in [2.75, 3.05) is 0 Å². The molecule has 0 radical (unpaired) electrons. The smallest absolute Gasteiger partial charge is 0.356 e. The van der Waals surface area contributed by atoms with E-state index in [9.17, 15) is 0 Å². The number of hydrogen-bond donors (Lipinski definition) is 3. The van der Waals surface area contributed by atoms with Gasteiger partial charge in [-0.05, 0) is 0 Å². The third-order valence-corrected chi connectivity index (χ3v) is 0. The van der Waals surface area contributed by atoms with Gasteiger partial charge in [-0.2, -0.15) is 9.90 Å². The van der Waals surface area contributed by atoms with Gasteiger partial charge in [0.1, 0.15) is 0 Å². The minimum atomic E-state index is -1.75. The van der Waals surface area contributed by atoms with Gasteiger partial charge in [0, 0.05) is 0 Å². The minimum Gasteiger partial charge on any atom is -0.356 e. The van der Waals surface area contributed by atoms with E-state index >= 15 is 0 Å². The van der Waals surface area contributed by atoms with Crippen LogP contribution in [0.25, 0.3) is 0 Å². The summed E-state index contributed by atoms with van der Waals surface area (Å²) in [5.74, 6) is 0. The van der Waals surface area contributed by atoms with E-state index in [-0.39, 0.29) is 61.3 Å². The van der Waals surface area contributed by atoms with E-state index in [1.165, 1.54) is 0 Å². The normalized spacial score (nSPS) is 5.33. The predicted molar refractivity (Wildman–Crippen MR) is 47.8 cm³/mol. The van der Waals surface area contributed by atoms with Crippen LogP contribution in [0.5, 0.6) is 0 Å². The van der Waals surface area contributed by atoms with Gasteiger partial charge in [-0.1, -0.05) is 0 Å². The van der Waals surface area contributed by atoms with Crippen LogP contribution in [0.15, 0.2) is 0 Å². The summed E-state index contributed by atoms with van der Waals surface area (Å²) in [6, 6.07) is 0. The van der Waals surface area contributed by atoms with E-state index in [1.54, 1.807) is 0 Å². The number of hydrogen-bond acceptors (Lipinski definition) is 9. The molecule has 0 aromatic carbocycles. The van der Waals surface area contributed by atoms with Gasteiger partial charge in [-0.3, -0.25) is 0 Å². The summed E-state index contributed by atoms with van der Waals surface area (Å²) in [6.45, 7) is 0. The Morgan fingerprint density at radius 1 is 0.611 bits per heavy atom. The van der Waals surface area contributed by atoms with Crippen molar-refractivity contribution in [2.45, 2.75) is 0 Å². The van der Waals surface area contributed by atoms with Crippen molar-refractivity contribution in [2.24, 2.45) is 0 Å². The molecule has 16 nitrogen and oxygen atoms in total. The average molecular weight is 324 g/mol. The fourth-order valence-corrected chi connectivity index (χ4v) is 0. The molecular weight excluding hydrogens is 318 g/mol. The van der Waals surface area contributed by atoms with Gasteiger partial charge >= 0.3 is 51.4 Å². The van der Waals surface area contributed by atoms with Gasteiger partial charge < -0.3 is 30.9 Å². The van der Waals surface area contributed by atoms with Crippen molar-refractivity contribution in [3.63, 3.8) is 0 Å². The quantitative estimate of drug-likeness (QED) is 0.166. The average Bonchev–Trinajstić information content (AvgIpc) is 1.76. The maximum atomic E-state index is 8.36. The molecule has 0 bridgehead atoms. The van der Waals surface area contributed by atoms with Crippen LogP contribution in [0.4, 0.5) is 0 Å². The molecule has 104 valence electrons. The maximum Gasteiger partial charge on any atom is 1.00 e. The third-order valence-electron chi connectivity index (χ3n) is 0. The molecule has 1 atom stereocenters. The standard InChI is InChI=1S/K.3HNO3.NO3.H3P/c;4*2-1(3)4;/h;3*(H,2,3,4);;1H3/q+1;;;;-1;. The summed E-state index contributed by atoms with van der Waals surface area (Å²) in [6.07, 6.45) is 0. The molecule has 0 aromatic heterocycles. The Labute approximate surface area is 142 Å². The van der Waals surface area contributed by atoms with Crippen molar-refractivity contribution < 1.29 is 87.4 Å². The van der Waals surface area contributed by atoms with E-state index < -0.39 is 20.3 Å². The van der Waals surface area contributed by atoms with Crippen LogP contribution in [0.1, 0.15) is 0 Å². The van der Waals surface area contributed by atoms with E-state index in [2.05, 4.69) is 0 Å².